The number of nitrogens with zero attached hydrogens (tertiary/aromatic N) is 3. The Bertz CT molecular complexity index is 714. The van der Waals surface area contributed by atoms with Crippen molar-refractivity contribution in [1.29, 1.82) is 0 Å². The van der Waals surface area contributed by atoms with Gasteiger partial charge in [-0.3, -0.25) is 14.4 Å². The van der Waals surface area contributed by atoms with Gasteiger partial charge in [0, 0.05) is 24.8 Å². The Labute approximate surface area is 149 Å². The first-order valence-corrected chi connectivity index (χ1v) is 9.36. The van der Waals surface area contributed by atoms with Crippen molar-refractivity contribution in [3.63, 3.8) is 0 Å². The number of nitrogens with one attached hydrogen (secondary N) is 1. The summed E-state index contributed by atoms with van der Waals surface area (Å²) in [6, 6.07) is 12.1. The molecule has 0 bridgehead atoms. The maximum Gasteiger partial charge on any atom is 0.269 e. The summed E-state index contributed by atoms with van der Waals surface area (Å²) >= 11 is 0. The highest BCUT2D eigenvalue weighted by Crippen LogP contribution is 2.38. The molecule has 1 aromatic carbocycles. The maximum atomic E-state index is 12.7. The van der Waals surface area contributed by atoms with E-state index in [-0.39, 0.29) is 11.4 Å². The number of amides is 1. The van der Waals surface area contributed by atoms with Crippen LogP contribution in [0.3, 0.4) is 0 Å². The molecule has 3 heterocycles. The minimum atomic E-state index is -0.00122. The van der Waals surface area contributed by atoms with Gasteiger partial charge in [0.25, 0.3) is 5.91 Å². The third-order valence-electron chi connectivity index (χ3n) is 5.79. The standard InChI is InChI=1S/C20H26N4O/c25-19(21-16-20-10-4-13-23(20)14-5-11-20)18-8-12-22-24(18)15-9-17-6-2-1-3-7-17/h1-3,6-8,12H,4-5,9-11,13-16H2,(H,21,25). The van der Waals surface area contributed by atoms with Crippen LogP contribution in [0.5, 0.6) is 0 Å². The van der Waals surface area contributed by atoms with E-state index in [0.29, 0.717) is 5.69 Å². The van der Waals surface area contributed by atoms with Crippen molar-refractivity contribution in [3.05, 3.63) is 53.9 Å². The van der Waals surface area contributed by atoms with Crippen LogP contribution in [0.4, 0.5) is 0 Å². The Balaban J connectivity index is 1.37. The van der Waals surface area contributed by atoms with Gasteiger partial charge in [-0.2, -0.15) is 5.10 Å². The molecular weight excluding hydrogens is 312 g/mol. The Morgan fingerprint density at radius 1 is 1.12 bits per heavy atom. The smallest absolute Gasteiger partial charge is 0.269 e. The van der Waals surface area contributed by atoms with Crippen LogP contribution in [0.15, 0.2) is 42.6 Å². The minimum absolute atomic E-state index is 0.00122. The second kappa shape index (κ2) is 7.00. The summed E-state index contributed by atoms with van der Waals surface area (Å²) in [7, 11) is 0. The van der Waals surface area contributed by atoms with Gasteiger partial charge in [0.05, 0.1) is 0 Å². The zero-order chi connectivity index (χ0) is 17.1. The average molecular weight is 338 g/mol. The number of aromatic nitrogens is 2. The van der Waals surface area contributed by atoms with Crippen molar-refractivity contribution in [1.82, 2.24) is 20.0 Å². The van der Waals surface area contributed by atoms with Crippen molar-refractivity contribution >= 4 is 5.91 Å². The van der Waals surface area contributed by atoms with Crippen molar-refractivity contribution in [2.24, 2.45) is 0 Å². The highest BCUT2D eigenvalue weighted by Gasteiger charge is 2.44. The lowest BCUT2D eigenvalue weighted by molar-refractivity contribution is 0.0908. The lowest BCUT2D eigenvalue weighted by Crippen LogP contribution is -2.48. The van der Waals surface area contributed by atoms with E-state index in [9.17, 15) is 4.79 Å². The molecule has 0 aliphatic carbocycles. The highest BCUT2D eigenvalue weighted by atomic mass is 16.2. The minimum Gasteiger partial charge on any atom is -0.349 e. The molecule has 132 valence electrons. The SMILES string of the molecule is O=C(NCC12CCCN1CCC2)c1ccnn1CCc1ccccc1. The first-order valence-electron chi connectivity index (χ1n) is 9.36. The van der Waals surface area contributed by atoms with Gasteiger partial charge in [-0.1, -0.05) is 30.3 Å². The molecule has 2 aliphatic rings. The van der Waals surface area contributed by atoms with E-state index in [1.165, 1.54) is 44.3 Å². The summed E-state index contributed by atoms with van der Waals surface area (Å²) in [4.78, 5) is 15.3. The first kappa shape index (κ1) is 16.3. The molecule has 1 N–H and O–H groups in total. The Hall–Kier alpha value is -2.14. The van der Waals surface area contributed by atoms with Crippen LogP contribution in [0.1, 0.15) is 41.7 Å². The van der Waals surface area contributed by atoms with E-state index in [0.717, 1.165) is 19.5 Å². The molecule has 0 spiro atoms. The van der Waals surface area contributed by atoms with Crippen LogP contribution < -0.4 is 5.32 Å². The summed E-state index contributed by atoms with van der Waals surface area (Å²) in [5, 5.41) is 7.53. The molecule has 0 saturated carbocycles. The zero-order valence-corrected chi connectivity index (χ0v) is 14.7. The fraction of sp³-hybridized carbons (Fsp3) is 0.500. The van der Waals surface area contributed by atoms with Gasteiger partial charge in [-0.25, -0.2) is 0 Å². The van der Waals surface area contributed by atoms with E-state index in [2.05, 4.69) is 27.4 Å². The molecule has 5 nitrogen and oxygen atoms in total. The third kappa shape index (κ3) is 3.33. The van der Waals surface area contributed by atoms with Gasteiger partial charge in [0.2, 0.25) is 0 Å². The molecule has 4 rings (SSSR count). The normalized spacial score (nSPS) is 19.0. The second-order valence-electron chi connectivity index (χ2n) is 7.28. The third-order valence-corrected chi connectivity index (χ3v) is 5.79. The molecule has 2 fully saturated rings. The van der Waals surface area contributed by atoms with E-state index >= 15 is 0 Å². The van der Waals surface area contributed by atoms with Crippen LogP contribution in [-0.4, -0.2) is 45.8 Å². The van der Waals surface area contributed by atoms with E-state index < -0.39 is 0 Å². The van der Waals surface area contributed by atoms with Crippen molar-refractivity contribution in [2.45, 2.75) is 44.2 Å². The number of benzene rings is 1. The molecule has 0 atom stereocenters. The molecule has 25 heavy (non-hydrogen) atoms. The topological polar surface area (TPSA) is 50.2 Å². The number of carbonyl (C=O) groups is 1. The summed E-state index contributed by atoms with van der Waals surface area (Å²) in [6.07, 6.45) is 7.52. The summed E-state index contributed by atoms with van der Waals surface area (Å²) in [5.74, 6) is -0.00122. The predicted molar refractivity (Wildman–Crippen MR) is 97.5 cm³/mol. The Morgan fingerprint density at radius 2 is 1.88 bits per heavy atom. The molecular formula is C20H26N4O. The molecule has 2 saturated heterocycles. The predicted octanol–water partition coefficient (Wildman–Crippen LogP) is 2.48. The Morgan fingerprint density at radius 3 is 2.64 bits per heavy atom. The quantitative estimate of drug-likeness (QED) is 0.880. The largest absolute Gasteiger partial charge is 0.349 e. The van der Waals surface area contributed by atoms with Gasteiger partial charge in [0.1, 0.15) is 5.69 Å². The number of fused-ring (bicyclic) bond motifs is 1. The van der Waals surface area contributed by atoms with Gasteiger partial charge in [-0.15, -0.1) is 0 Å². The highest BCUT2D eigenvalue weighted by molar-refractivity contribution is 5.92. The first-order chi connectivity index (χ1) is 12.3. The van der Waals surface area contributed by atoms with Crippen LogP contribution in [0.25, 0.3) is 0 Å². The van der Waals surface area contributed by atoms with Crippen LogP contribution in [-0.2, 0) is 13.0 Å². The second-order valence-corrected chi connectivity index (χ2v) is 7.28. The van der Waals surface area contributed by atoms with Gasteiger partial charge < -0.3 is 5.32 Å². The lowest BCUT2D eigenvalue weighted by Gasteiger charge is -2.32. The maximum absolute atomic E-state index is 12.7. The molecule has 2 aliphatic heterocycles. The van der Waals surface area contributed by atoms with E-state index in [4.69, 9.17) is 0 Å². The number of rotatable bonds is 6. The summed E-state index contributed by atoms with van der Waals surface area (Å²) < 4.78 is 1.82. The van der Waals surface area contributed by atoms with Crippen LogP contribution in [0.2, 0.25) is 0 Å². The molecule has 0 unspecified atom stereocenters. The fourth-order valence-corrected chi connectivity index (χ4v) is 4.43. The van der Waals surface area contributed by atoms with Crippen molar-refractivity contribution in [3.8, 4) is 0 Å². The Kier molecular flexibility index (Phi) is 4.57. The van der Waals surface area contributed by atoms with Gasteiger partial charge in [-0.05, 0) is 56.8 Å². The number of hydrogen-bond donors (Lipinski definition) is 1. The zero-order valence-electron chi connectivity index (χ0n) is 14.7. The lowest BCUT2D eigenvalue weighted by atomic mass is 9.94. The van der Waals surface area contributed by atoms with Crippen LogP contribution in [0, 0.1) is 0 Å². The van der Waals surface area contributed by atoms with E-state index in [1.807, 2.05) is 28.9 Å². The number of aryl methyl sites for hydroxylation is 2. The van der Waals surface area contributed by atoms with E-state index in [1.54, 1.807) is 6.20 Å². The van der Waals surface area contributed by atoms with Gasteiger partial charge in [0.15, 0.2) is 0 Å². The summed E-state index contributed by atoms with van der Waals surface area (Å²) in [5.41, 5.74) is 2.13. The number of carbonyl (C=O) groups excluding carboxylic acids is 1. The molecule has 0 radical (unpaired) electrons. The summed E-state index contributed by atoms with van der Waals surface area (Å²) in [6.45, 7) is 3.85. The van der Waals surface area contributed by atoms with Crippen molar-refractivity contribution in [2.75, 3.05) is 19.6 Å². The molecule has 5 heteroatoms. The molecule has 1 aromatic heterocycles. The molecule has 2 aromatic rings. The number of hydrogen-bond acceptors (Lipinski definition) is 3. The average Bonchev–Trinajstić information content (AvgIpc) is 3.34. The van der Waals surface area contributed by atoms with Crippen LogP contribution >= 0.6 is 0 Å². The van der Waals surface area contributed by atoms with Gasteiger partial charge >= 0.3 is 0 Å². The monoisotopic (exact) mass is 338 g/mol. The van der Waals surface area contributed by atoms with Crippen molar-refractivity contribution < 1.29 is 4.79 Å². The molecule has 1 amide bonds. The fourth-order valence-electron chi connectivity index (χ4n) is 4.43.